The van der Waals surface area contributed by atoms with Gasteiger partial charge in [-0.05, 0) is 56.0 Å². The number of hydrogen-bond acceptors (Lipinski definition) is 4. The van der Waals surface area contributed by atoms with E-state index in [-0.39, 0.29) is 0 Å². The number of nitrogens with zero attached hydrogens (tertiary/aromatic N) is 2. The molecule has 1 aromatic heterocycles. The minimum Gasteiger partial charge on any atom is -0.361 e. The number of para-hydroxylation sites is 1. The molecule has 0 bridgehead atoms. The van der Waals surface area contributed by atoms with E-state index in [4.69, 9.17) is 4.52 Å². The fraction of sp³-hybridized carbons (Fsp3) is 0.250. The number of fused-ring (bicyclic) bond motifs is 1. The lowest BCUT2D eigenvalue weighted by atomic mass is 10.0. The van der Waals surface area contributed by atoms with Crippen LogP contribution in [-0.4, -0.2) is 20.1 Å². The molecular formula is C20H20N2O3S. The highest BCUT2D eigenvalue weighted by atomic mass is 32.2. The minimum atomic E-state index is -3.59. The second kappa shape index (κ2) is 6.29. The van der Waals surface area contributed by atoms with Crippen molar-refractivity contribution in [2.24, 2.45) is 0 Å². The van der Waals surface area contributed by atoms with Gasteiger partial charge in [-0.1, -0.05) is 35.5 Å². The van der Waals surface area contributed by atoms with E-state index in [2.05, 4.69) is 5.16 Å². The van der Waals surface area contributed by atoms with Crippen molar-refractivity contribution in [3.63, 3.8) is 0 Å². The number of anilines is 1. The third-order valence-corrected chi connectivity index (χ3v) is 6.66. The second-order valence-electron chi connectivity index (χ2n) is 6.53. The normalized spacial score (nSPS) is 14.3. The van der Waals surface area contributed by atoms with E-state index < -0.39 is 10.0 Å². The highest BCUT2D eigenvalue weighted by Crippen LogP contribution is 2.33. The SMILES string of the molecule is Cc1noc(C)c1-c1ccc(S(=O)(=O)N2CCCc3ccccc32)cc1. The molecule has 0 unspecified atom stereocenters. The Morgan fingerprint density at radius 2 is 1.77 bits per heavy atom. The average Bonchev–Trinajstić information content (AvgIpc) is 2.99. The first kappa shape index (κ1) is 16.8. The Morgan fingerprint density at radius 3 is 2.46 bits per heavy atom. The van der Waals surface area contributed by atoms with E-state index in [1.807, 2.05) is 50.2 Å². The Kier molecular flexibility index (Phi) is 4.07. The highest BCUT2D eigenvalue weighted by Gasteiger charge is 2.28. The van der Waals surface area contributed by atoms with E-state index in [0.717, 1.165) is 46.7 Å². The topological polar surface area (TPSA) is 63.4 Å². The van der Waals surface area contributed by atoms with Gasteiger partial charge in [-0.3, -0.25) is 4.31 Å². The first-order valence-corrected chi connectivity index (χ1v) is 10.1. The molecule has 4 rings (SSSR count). The van der Waals surface area contributed by atoms with Gasteiger partial charge in [-0.15, -0.1) is 0 Å². The van der Waals surface area contributed by atoms with Crippen molar-refractivity contribution in [3.8, 4) is 11.1 Å². The van der Waals surface area contributed by atoms with Crippen LogP contribution in [0.5, 0.6) is 0 Å². The summed E-state index contributed by atoms with van der Waals surface area (Å²) in [6.45, 7) is 4.23. The lowest BCUT2D eigenvalue weighted by Gasteiger charge is -2.30. The van der Waals surface area contributed by atoms with Crippen molar-refractivity contribution in [2.75, 3.05) is 10.8 Å². The Hall–Kier alpha value is -2.60. The van der Waals surface area contributed by atoms with Crippen LogP contribution < -0.4 is 4.31 Å². The van der Waals surface area contributed by atoms with Gasteiger partial charge in [0.25, 0.3) is 10.0 Å². The Labute approximate surface area is 153 Å². The summed E-state index contributed by atoms with van der Waals surface area (Å²) in [5, 5.41) is 3.96. The van der Waals surface area contributed by atoms with Crippen molar-refractivity contribution in [1.29, 1.82) is 0 Å². The van der Waals surface area contributed by atoms with Gasteiger partial charge in [-0.25, -0.2) is 8.42 Å². The molecule has 1 aliphatic rings. The fourth-order valence-electron chi connectivity index (χ4n) is 3.56. The Morgan fingerprint density at radius 1 is 1.04 bits per heavy atom. The van der Waals surface area contributed by atoms with Crippen LogP contribution in [0.2, 0.25) is 0 Å². The largest absolute Gasteiger partial charge is 0.361 e. The van der Waals surface area contributed by atoms with E-state index in [0.29, 0.717) is 11.4 Å². The van der Waals surface area contributed by atoms with Crippen LogP contribution in [0.4, 0.5) is 5.69 Å². The van der Waals surface area contributed by atoms with Gasteiger partial charge in [0.15, 0.2) is 0 Å². The quantitative estimate of drug-likeness (QED) is 0.698. The third kappa shape index (κ3) is 2.70. The zero-order valence-electron chi connectivity index (χ0n) is 14.8. The summed E-state index contributed by atoms with van der Waals surface area (Å²) in [5.74, 6) is 0.725. The summed E-state index contributed by atoms with van der Waals surface area (Å²) in [6.07, 6.45) is 1.74. The molecule has 2 aromatic carbocycles. The van der Waals surface area contributed by atoms with Gasteiger partial charge >= 0.3 is 0 Å². The average molecular weight is 368 g/mol. The monoisotopic (exact) mass is 368 g/mol. The van der Waals surface area contributed by atoms with Gasteiger partial charge in [-0.2, -0.15) is 0 Å². The predicted molar refractivity (Wildman–Crippen MR) is 101 cm³/mol. The molecule has 26 heavy (non-hydrogen) atoms. The highest BCUT2D eigenvalue weighted by molar-refractivity contribution is 7.92. The number of hydrogen-bond donors (Lipinski definition) is 0. The number of aromatic nitrogens is 1. The molecule has 6 heteroatoms. The predicted octanol–water partition coefficient (Wildman–Crippen LogP) is 4.10. The summed E-state index contributed by atoms with van der Waals surface area (Å²) in [5.41, 5.74) is 4.47. The van der Waals surface area contributed by atoms with E-state index in [9.17, 15) is 8.42 Å². The van der Waals surface area contributed by atoms with Crippen molar-refractivity contribution in [3.05, 3.63) is 65.5 Å². The summed E-state index contributed by atoms with van der Waals surface area (Å²) in [6, 6.07) is 14.7. The van der Waals surface area contributed by atoms with Gasteiger partial charge < -0.3 is 4.52 Å². The molecular weight excluding hydrogens is 348 g/mol. The van der Waals surface area contributed by atoms with Gasteiger partial charge in [0.05, 0.1) is 16.3 Å². The first-order chi connectivity index (χ1) is 12.5. The molecule has 0 atom stereocenters. The Balaban J connectivity index is 1.72. The zero-order chi connectivity index (χ0) is 18.3. The summed E-state index contributed by atoms with van der Waals surface area (Å²) < 4.78 is 33.1. The van der Waals surface area contributed by atoms with Gasteiger partial charge in [0, 0.05) is 12.1 Å². The maximum atomic E-state index is 13.2. The lowest BCUT2D eigenvalue weighted by Crippen LogP contribution is -2.35. The number of benzene rings is 2. The van der Waals surface area contributed by atoms with Crippen LogP contribution in [0.15, 0.2) is 57.9 Å². The second-order valence-corrected chi connectivity index (χ2v) is 8.40. The molecule has 0 aliphatic carbocycles. The van der Waals surface area contributed by atoms with Crippen molar-refractivity contribution >= 4 is 15.7 Å². The zero-order valence-corrected chi connectivity index (χ0v) is 15.6. The molecule has 5 nitrogen and oxygen atoms in total. The van der Waals surface area contributed by atoms with Crippen molar-refractivity contribution in [2.45, 2.75) is 31.6 Å². The number of aryl methyl sites for hydroxylation is 3. The summed E-state index contributed by atoms with van der Waals surface area (Å²) in [4.78, 5) is 0.296. The summed E-state index contributed by atoms with van der Waals surface area (Å²) >= 11 is 0. The van der Waals surface area contributed by atoms with Crippen LogP contribution in [0.1, 0.15) is 23.4 Å². The molecule has 0 radical (unpaired) electrons. The smallest absolute Gasteiger partial charge is 0.264 e. The van der Waals surface area contributed by atoms with Crippen LogP contribution in [0.25, 0.3) is 11.1 Å². The van der Waals surface area contributed by atoms with Crippen molar-refractivity contribution < 1.29 is 12.9 Å². The van der Waals surface area contributed by atoms with E-state index in [1.54, 1.807) is 12.1 Å². The van der Waals surface area contributed by atoms with Crippen LogP contribution >= 0.6 is 0 Å². The summed E-state index contributed by atoms with van der Waals surface area (Å²) in [7, 11) is -3.59. The Bertz CT molecular complexity index is 1030. The lowest BCUT2D eigenvalue weighted by molar-refractivity contribution is 0.393. The number of sulfonamides is 1. The molecule has 0 saturated carbocycles. The third-order valence-electron chi connectivity index (χ3n) is 4.83. The molecule has 0 fully saturated rings. The molecule has 2 heterocycles. The maximum Gasteiger partial charge on any atom is 0.264 e. The molecule has 0 N–H and O–H groups in total. The standard InChI is InChI=1S/C20H20N2O3S/c1-14-20(15(2)25-21-14)17-9-11-18(12-10-17)26(23,24)22-13-5-7-16-6-3-4-8-19(16)22/h3-4,6,8-12H,5,7,13H2,1-2H3. The first-order valence-electron chi connectivity index (χ1n) is 8.62. The van der Waals surface area contributed by atoms with Crippen molar-refractivity contribution in [1.82, 2.24) is 5.16 Å². The van der Waals surface area contributed by atoms with Gasteiger partial charge in [0.1, 0.15) is 5.76 Å². The van der Waals surface area contributed by atoms with E-state index >= 15 is 0 Å². The molecule has 3 aromatic rings. The van der Waals surface area contributed by atoms with Gasteiger partial charge in [0.2, 0.25) is 0 Å². The maximum absolute atomic E-state index is 13.2. The minimum absolute atomic E-state index is 0.296. The number of rotatable bonds is 3. The molecule has 1 aliphatic heterocycles. The fourth-order valence-corrected chi connectivity index (χ4v) is 5.11. The van der Waals surface area contributed by atoms with E-state index in [1.165, 1.54) is 4.31 Å². The molecule has 0 amide bonds. The molecule has 0 saturated heterocycles. The van der Waals surface area contributed by atoms with Crippen LogP contribution in [-0.2, 0) is 16.4 Å². The molecule has 0 spiro atoms. The van der Waals surface area contributed by atoms with Crippen LogP contribution in [0, 0.1) is 13.8 Å². The molecule has 134 valence electrons. The van der Waals surface area contributed by atoms with Crippen LogP contribution in [0.3, 0.4) is 0 Å².